The van der Waals surface area contributed by atoms with Gasteiger partial charge < -0.3 is 10.6 Å². The zero-order valence-electron chi connectivity index (χ0n) is 16.2. The molecule has 0 aromatic heterocycles. The average Bonchev–Trinajstić information content (AvgIpc) is 2.76. The van der Waals surface area contributed by atoms with Gasteiger partial charge in [0.05, 0.1) is 11.1 Å². The minimum atomic E-state index is -4.43. The van der Waals surface area contributed by atoms with Crippen LogP contribution in [0, 0.1) is 5.82 Å². The van der Waals surface area contributed by atoms with E-state index in [-0.39, 0.29) is 18.7 Å². The quantitative estimate of drug-likeness (QED) is 0.441. The van der Waals surface area contributed by atoms with Crippen molar-refractivity contribution in [2.75, 3.05) is 13.1 Å². The van der Waals surface area contributed by atoms with Crippen LogP contribution in [-0.4, -0.2) is 24.9 Å². The highest BCUT2D eigenvalue weighted by atomic mass is 19.4. The van der Waals surface area contributed by atoms with Gasteiger partial charge >= 0.3 is 6.18 Å². The van der Waals surface area contributed by atoms with Crippen molar-refractivity contribution in [1.29, 1.82) is 0 Å². The Balaban J connectivity index is 1.54. The van der Waals surface area contributed by atoms with Crippen LogP contribution in [0.4, 0.5) is 17.6 Å². The van der Waals surface area contributed by atoms with Crippen molar-refractivity contribution in [2.24, 2.45) is 0 Å². The van der Waals surface area contributed by atoms with Crippen molar-refractivity contribution in [3.05, 3.63) is 95.3 Å². The van der Waals surface area contributed by atoms with Crippen LogP contribution in [0.3, 0.4) is 0 Å². The van der Waals surface area contributed by atoms with Gasteiger partial charge in [0.25, 0.3) is 11.8 Å². The van der Waals surface area contributed by atoms with Crippen molar-refractivity contribution in [2.45, 2.75) is 6.18 Å². The van der Waals surface area contributed by atoms with E-state index in [1.165, 1.54) is 36.4 Å². The number of hydrogen-bond donors (Lipinski definition) is 2. The largest absolute Gasteiger partial charge is 0.416 e. The molecule has 3 aromatic rings. The maximum absolute atomic E-state index is 13.5. The number of rotatable bonds is 6. The molecule has 0 aliphatic heterocycles. The van der Waals surface area contributed by atoms with E-state index < -0.39 is 29.4 Å². The molecule has 0 aliphatic rings. The Morgan fingerprint density at radius 3 is 2.03 bits per heavy atom. The summed E-state index contributed by atoms with van der Waals surface area (Å²) in [6.07, 6.45) is -4.43. The van der Waals surface area contributed by atoms with Gasteiger partial charge in [-0.2, -0.15) is 13.2 Å². The second-order valence-corrected chi connectivity index (χ2v) is 6.65. The minimum absolute atomic E-state index is 0.0843. The van der Waals surface area contributed by atoms with Crippen LogP contribution in [0.5, 0.6) is 0 Å². The smallest absolute Gasteiger partial charge is 0.350 e. The summed E-state index contributed by atoms with van der Waals surface area (Å²) in [6, 6.07) is 16.6. The van der Waals surface area contributed by atoms with Gasteiger partial charge in [0.1, 0.15) is 5.82 Å². The number of alkyl halides is 3. The molecular weight excluding hydrogens is 412 g/mol. The van der Waals surface area contributed by atoms with E-state index in [1.807, 2.05) is 0 Å². The van der Waals surface area contributed by atoms with Crippen molar-refractivity contribution < 1.29 is 27.2 Å². The van der Waals surface area contributed by atoms with Crippen LogP contribution in [0.1, 0.15) is 26.3 Å². The van der Waals surface area contributed by atoms with E-state index in [4.69, 9.17) is 0 Å². The van der Waals surface area contributed by atoms with Gasteiger partial charge in [-0.05, 0) is 47.5 Å². The Hall–Kier alpha value is -3.68. The Morgan fingerprint density at radius 1 is 0.742 bits per heavy atom. The lowest BCUT2D eigenvalue weighted by Gasteiger charge is -2.10. The Morgan fingerprint density at radius 2 is 1.39 bits per heavy atom. The van der Waals surface area contributed by atoms with Crippen LogP contribution in [0.2, 0.25) is 0 Å². The van der Waals surface area contributed by atoms with Crippen LogP contribution in [0.15, 0.2) is 72.8 Å². The zero-order chi connectivity index (χ0) is 22.4. The topological polar surface area (TPSA) is 58.2 Å². The molecule has 0 saturated heterocycles. The number of carbonyl (C=O) groups is 2. The van der Waals surface area contributed by atoms with Crippen LogP contribution in [-0.2, 0) is 6.18 Å². The molecule has 2 amide bonds. The molecule has 0 bridgehead atoms. The number of amides is 2. The first kappa shape index (κ1) is 22.0. The van der Waals surface area contributed by atoms with Crippen LogP contribution >= 0.6 is 0 Å². The number of benzene rings is 3. The van der Waals surface area contributed by atoms with Gasteiger partial charge in [0.15, 0.2) is 0 Å². The maximum atomic E-state index is 13.5. The Kier molecular flexibility index (Phi) is 6.69. The van der Waals surface area contributed by atoms with E-state index in [9.17, 15) is 27.2 Å². The minimum Gasteiger partial charge on any atom is -0.350 e. The predicted molar refractivity (Wildman–Crippen MR) is 108 cm³/mol. The lowest BCUT2D eigenvalue weighted by atomic mass is 10.0. The summed E-state index contributed by atoms with van der Waals surface area (Å²) in [5.41, 5.74) is 0.414. The first-order chi connectivity index (χ1) is 14.8. The van der Waals surface area contributed by atoms with Gasteiger partial charge in [-0.1, -0.05) is 36.4 Å². The van der Waals surface area contributed by atoms with E-state index in [0.29, 0.717) is 16.7 Å². The molecule has 2 N–H and O–H groups in total. The fourth-order valence-electron chi connectivity index (χ4n) is 2.88. The Labute approximate surface area is 175 Å². The van der Waals surface area contributed by atoms with Gasteiger partial charge in [0, 0.05) is 18.7 Å². The molecule has 31 heavy (non-hydrogen) atoms. The molecule has 3 rings (SSSR count). The average molecular weight is 430 g/mol. The monoisotopic (exact) mass is 430 g/mol. The first-order valence-electron chi connectivity index (χ1n) is 9.34. The Bertz CT molecular complexity index is 1080. The first-order valence-corrected chi connectivity index (χ1v) is 9.34. The zero-order valence-corrected chi connectivity index (χ0v) is 16.2. The number of hydrogen-bond acceptors (Lipinski definition) is 2. The third kappa shape index (κ3) is 5.69. The molecule has 0 unspecified atom stereocenters. The summed E-state index contributed by atoms with van der Waals surface area (Å²) in [4.78, 5) is 24.1. The number of carbonyl (C=O) groups excluding carboxylic acids is 2. The molecule has 0 radical (unpaired) electrons. The van der Waals surface area contributed by atoms with Crippen molar-refractivity contribution in [1.82, 2.24) is 10.6 Å². The molecule has 8 heteroatoms. The molecule has 0 heterocycles. The van der Waals surface area contributed by atoms with E-state index in [1.54, 1.807) is 24.3 Å². The molecular formula is C23H18F4N2O2. The lowest BCUT2D eigenvalue weighted by Crippen LogP contribution is -2.35. The second-order valence-electron chi connectivity index (χ2n) is 6.65. The highest BCUT2D eigenvalue weighted by molar-refractivity contribution is 5.95. The third-order valence-corrected chi connectivity index (χ3v) is 4.48. The van der Waals surface area contributed by atoms with Gasteiger partial charge in [-0.15, -0.1) is 0 Å². The van der Waals surface area contributed by atoms with E-state index >= 15 is 0 Å². The highest BCUT2D eigenvalue weighted by Crippen LogP contribution is 2.32. The molecule has 4 nitrogen and oxygen atoms in total. The van der Waals surface area contributed by atoms with Gasteiger partial charge in [0.2, 0.25) is 0 Å². The number of nitrogens with one attached hydrogen (secondary N) is 2. The standard InChI is InChI=1S/C23H18F4N2O2/c24-20-7-2-1-6-19(20)22(31)29-13-12-28-21(30)16-10-8-15(9-11-16)17-4-3-5-18(14-17)23(25,26)27/h1-11,14H,12-13H2,(H,28,30)(H,29,31). The SMILES string of the molecule is O=C(NCCNC(=O)c1ccccc1F)c1ccc(-c2cccc(C(F)(F)F)c2)cc1. The van der Waals surface area contributed by atoms with Gasteiger partial charge in [-0.3, -0.25) is 9.59 Å². The van der Waals surface area contributed by atoms with Crippen molar-refractivity contribution >= 4 is 11.8 Å². The fourth-order valence-corrected chi connectivity index (χ4v) is 2.88. The van der Waals surface area contributed by atoms with Crippen molar-refractivity contribution in [3.8, 4) is 11.1 Å². The number of halogens is 4. The van der Waals surface area contributed by atoms with Crippen LogP contribution in [0.25, 0.3) is 11.1 Å². The molecule has 3 aromatic carbocycles. The summed E-state index contributed by atoms with van der Waals surface area (Å²) >= 11 is 0. The highest BCUT2D eigenvalue weighted by Gasteiger charge is 2.30. The fraction of sp³-hybridized carbons (Fsp3) is 0.130. The van der Waals surface area contributed by atoms with Crippen molar-refractivity contribution in [3.63, 3.8) is 0 Å². The summed E-state index contributed by atoms with van der Waals surface area (Å²) in [6.45, 7) is 0.218. The molecule has 0 fully saturated rings. The predicted octanol–water partition coefficient (Wildman–Crippen LogP) is 4.67. The summed E-state index contributed by atoms with van der Waals surface area (Å²) in [7, 11) is 0. The normalized spacial score (nSPS) is 11.1. The molecule has 160 valence electrons. The van der Waals surface area contributed by atoms with Gasteiger partial charge in [-0.25, -0.2) is 4.39 Å². The summed E-state index contributed by atoms with van der Waals surface area (Å²) < 4.78 is 52.2. The molecule has 0 atom stereocenters. The van der Waals surface area contributed by atoms with E-state index in [2.05, 4.69) is 10.6 Å². The third-order valence-electron chi connectivity index (χ3n) is 4.48. The molecule has 0 aliphatic carbocycles. The molecule has 0 saturated carbocycles. The van der Waals surface area contributed by atoms with E-state index in [0.717, 1.165) is 12.1 Å². The lowest BCUT2D eigenvalue weighted by molar-refractivity contribution is -0.137. The maximum Gasteiger partial charge on any atom is 0.416 e. The summed E-state index contributed by atoms with van der Waals surface area (Å²) in [5.74, 6) is -1.63. The molecule has 0 spiro atoms. The second kappa shape index (κ2) is 9.42. The summed E-state index contributed by atoms with van der Waals surface area (Å²) in [5, 5.41) is 5.12. The van der Waals surface area contributed by atoms with Crippen LogP contribution < -0.4 is 10.6 Å².